The Bertz CT molecular complexity index is 261. The molecule has 1 heterocycles. The van der Waals surface area contributed by atoms with Gasteiger partial charge in [-0.3, -0.25) is 0 Å². The van der Waals surface area contributed by atoms with Gasteiger partial charge in [0.25, 0.3) is 0 Å². The summed E-state index contributed by atoms with van der Waals surface area (Å²) in [6.07, 6.45) is 0.581. The van der Waals surface area contributed by atoms with Crippen LogP contribution >= 0.6 is 0 Å². The zero-order valence-corrected chi connectivity index (χ0v) is 5.81. The van der Waals surface area contributed by atoms with E-state index in [1.807, 2.05) is 0 Å². The number of aromatic amines is 1. The van der Waals surface area contributed by atoms with Gasteiger partial charge in [-0.2, -0.15) is 0 Å². The van der Waals surface area contributed by atoms with Gasteiger partial charge in [-0.15, -0.1) is 0 Å². The third kappa shape index (κ3) is 1.11. The van der Waals surface area contributed by atoms with E-state index in [4.69, 9.17) is 5.73 Å². The Kier molecular flexibility index (Phi) is 1.91. The molecule has 0 saturated carbocycles. The van der Waals surface area contributed by atoms with Crippen LogP contribution in [0.1, 0.15) is 11.3 Å². The van der Waals surface area contributed by atoms with Crippen LogP contribution in [0.25, 0.3) is 0 Å². The highest BCUT2D eigenvalue weighted by molar-refractivity contribution is 5.12. The molecule has 0 aliphatic rings. The van der Waals surface area contributed by atoms with Gasteiger partial charge in [0.15, 0.2) is 0 Å². The van der Waals surface area contributed by atoms with Crippen molar-refractivity contribution in [1.82, 2.24) is 5.16 Å². The normalized spacial score (nSPS) is 10.2. The maximum Gasteiger partial charge on any atom is 0.360 e. The first kappa shape index (κ1) is 7.08. The average Bonchev–Trinajstić information content (AvgIpc) is 2.20. The number of nitrogens with one attached hydrogen (secondary N) is 1. The minimum atomic E-state index is -0.303. The Morgan fingerprint density at radius 3 is 2.80 bits per heavy atom. The van der Waals surface area contributed by atoms with Gasteiger partial charge in [0, 0.05) is 0 Å². The largest absolute Gasteiger partial charge is 0.360 e. The van der Waals surface area contributed by atoms with Gasteiger partial charge < -0.3 is 10.3 Å². The van der Waals surface area contributed by atoms with Crippen LogP contribution in [-0.4, -0.2) is 11.7 Å². The van der Waals surface area contributed by atoms with Crippen molar-refractivity contribution in [1.29, 1.82) is 0 Å². The summed E-state index contributed by atoms with van der Waals surface area (Å²) in [7, 11) is 0. The van der Waals surface area contributed by atoms with E-state index in [1.54, 1.807) is 6.92 Å². The molecule has 0 fully saturated rings. The van der Waals surface area contributed by atoms with Crippen LogP contribution in [-0.2, 0) is 6.42 Å². The fourth-order valence-corrected chi connectivity index (χ4v) is 0.833. The van der Waals surface area contributed by atoms with Gasteiger partial charge >= 0.3 is 5.63 Å². The van der Waals surface area contributed by atoms with Crippen LogP contribution in [0.3, 0.4) is 0 Å². The van der Waals surface area contributed by atoms with Crippen LogP contribution in [0.2, 0.25) is 0 Å². The molecule has 1 aromatic rings. The van der Waals surface area contributed by atoms with Gasteiger partial charge in [0.2, 0.25) is 0 Å². The van der Waals surface area contributed by atoms with E-state index >= 15 is 0 Å². The molecular weight excluding hydrogens is 132 g/mol. The zero-order chi connectivity index (χ0) is 7.56. The van der Waals surface area contributed by atoms with Gasteiger partial charge in [-0.05, 0) is 19.9 Å². The lowest BCUT2D eigenvalue weighted by atomic mass is 10.2. The summed E-state index contributed by atoms with van der Waals surface area (Å²) in [6, 6.07) is 0. The molecule has 0 atom stereocenters. The Labute approximate surface area is 58.0 Å². The van der Waals surface area contributed by atoms with Crippen LogP contribution in [0.15, 0.2) is 9.32 Å². The molecule has 0 aliphatic carbocycles. The zero-order valence-electron chi connectivity index (χ0n) is 5.81. The molecule has 4 nitrogen and oxygen atoms in total. The molecule has 1 rings (SSSR count). The van der Waals surface area contributed by atoms with Crippen LogP contribution in [0.5, 0.6) is 0 Å². The van der Waals surface area contributed by atoms with E-state index in [1.165, 1.54) is 0 Å². The molecule has 10 heavy (non-hydrogen) atoms. The third-order valence-electron chi connectivity index (χ3n) is 1.39. The summed E-state index contributed by atoms with van der Waals surface area (Å²) >= 11 is 0. The first-order chi connectivity index (χ1) is 4.75. The number of aromatic nitrogens is 1. The summed E-state index contributed by atoms with van der Waals surface area (Å²) in [5, 5.41) is 2.48. The lowest BCUT2D eigenvalue weighted by molar-refractivity contribution is 0.386. The molecule has 4 heteroatoms. The summed E-state index contributed by atoms with van der Waals surface area (Å²) in [5.41, 5.74) is 6.39. The number of hydrogen-bond donors (Lipinski definition) is 2. The van der Waals surface area contributed by atoms with Crippen molar-refractivity contribution in [2.45, 2.75) is 13.3 Å². The minimum absolute atomic E-state index is 0.303. The smallest absolute Gasteiger partial charge is 0.339 e. The topological polar surface area (TPSA) is 72.0 Å². The summed E-state index contributed by atoms with van der Waals surface area (Å²) in [4.78, 5) is 10.8. The molecule has 3 N–H and O–H groups in total. The molecule has 56 valence electrons. The highest BCUT2D eigenvalue weighted by Crippen LogP contribution is 1.97. The lowest BCUT2D eigenvalue weighted by Crippen LogP contribution is -2.10. The quantitative estimate of drug-likeness (QED) is 0.599. The molecule has 0 aromatic carbocycles. The molecule has 0 amide bonds. The van der Waals surface area contributed by atoms with Crippen molar-refractivity contribution in [3.8, 4) is 0 Å². The Morgan fingerprint density at radius 1 is 1.70 bits per heavy atom. The second kappa shape index (κ2) is 2.70. The van der Waals surface area contributed by atoms with E-state index < -0.39 is 0 Å². The number of nitrogens with two attached hydrogens (primary N) is 1. The third-order valence-corrected chi connectivity index (χ3v) is 1.39. The molecule has 0 spiro atoms. The van der Waals surface area contributed by atoms with E-state index in [2.05, 4.69) is 9.68 Å². The van der Waals surface area contributed by atoms with Crippen LogP contribution < -0.4 is 11.4 Å². The SMILES string of the molecule is Cc1[nH]oc(=O)c1CCN. The second-order valence-electron chi connectivity index (χ2n) is 2.13. The molecule has 0 radical (unpaired) electrons. The summed E-state index contributed by atoms with van der Waals surface area (Å²) in [5.74, 6) is 0. The fourth-order valence-electron chi connectivity index (χ4n) is 0.833. The van der Waals surface area contributed by atoms with Gasteiger partial charge in [0.1, 0.15) is 0 Å². The maximum absolute atomic E-state index is 10.8. The van der Waals surface area contributed by atoms with E-state index in [0.29, 0.717) is 18.5 Å². The van der Waals surface area contributed by atoms with Crippen molar-refractivity contribution < 1.29 is 4.52 Å². The van der Waals surface area contributed by atoms with Crippen molar-refractivity contribution in [2.75, 3.05) is 6.54 Å². The second-order valence-corrected chi connectivity index (χ2v) is 2.13. The van der Waals surface area contributed by atoms with Gasteiger partial charge in [0.05, 0.1) is 11.3 Å². The predicted octanol–water partition coefficient (Wildman–Crippen LogP) is -0.222. The monoisotopic (exact) mass is 142 g/mol. The average molecular weight is 142 g/mol. The standard InChI is InChI=1S/C6H10N2O2/c1-4-5(2-3-7)6(9)10-8-4/h8H,2-3,7H2,1H3. The van der Waals surface area contributed by atoms with E-state index in [9.17, 15) is 4.79 Å². The highest BCUT2D eigenvalue weighted by Gasteiger charge is 2.05. The maximum atomic E-state index is 10.8. The molecule has 0 saturated heterocycles. The number of aryl methyl sites for hydroxylation is 1. The van der Waals surface area contributed by atoms with Gasteiger partial charge in [-0.1, -0.05) is 0 Å². The number of hydrogen-bond acceptors (Lipinski definition) is 3. The first-order valence-corrected chi connectivity index (χ1v) is 3.12. The highest BCUT2D eigenvalue weighted by atomic mass is 16.5. The Balaban J connectivity index is 2.99. The number of rotatable bonds is 2. The summed E-state index contributed by atoms with van der Waals surface area (Å²) in [6.45, 7) is 2.26. The number of H-pyrrole nitrogens is 1. The molecule has 0 aliphatic heterocycles. The molecular formula is C6H10N2O2. The Morgan fingerprint density at radius 2 is 2.40 bits per heavy atom. The minimum Gasteiger partial charge on any atom is -0.339 e. The predicted molar refractivity (Wildman–Crippen MR) is 36.8 cm³/mol. The fraction of sp³-hybridized carbons (Fsp3) is 0.500. The lowest BCUT2D eigenvalue weighted by Gasteiger charge is -1.88. The van der Waals surface area contributed by atoms with E-state index in [0.717, 1.165) is 5.69 Å². The van der Waals surface area contributed by atoms with Gasteiger partial charge in [-0.25, -0.2) is 9.95 Å². The first-order valence-electron chi connectivity index (χ1n) is 3.12. The molecule has 1 aromatic heterocycles. The van der Waals surface area contributed by atoms with Crippen molar-refractivity contribution in [2.24, 2.45) is 5.73 Å². The Hall–Kier alpha value is -1.03. The van der Waals surface area contributed by atoms with Crippen LogP contribution in [0, 0.1) is 6.92 Å². The molecule has 0 unspecified atom stereocenters. The van der Waals surface area contributed by atoms with Crippen molar-refractivity contribution in [3.05, 3.63) is 21.7 Å². The van der Waals surface area contributed by atoms with Crippen LogP contribution in [0.4, 0.5) is 0 Å². The summed E-state index contributed by atoms with van der Waals surface area (Å²) < 4.78 is 4.51. The molecule has 0 bridgehead atoms. The van der Waals surface area contributed by atoms with Crippen molar-refractivity contribution >= 4 is 0 Å². The van der Waals surface area contributed by atoms with E-state index in [-0.39, 0.29) is 5.63 Å². The van der Waals surface area contributed by atoms with Crippen molar-refractivity contribution in [3.63, 3.8) is 0 Å².